The molecule has 2 aliphatic heterocycles. The number of esters is 2. The zero-order valence-electron chi connectivity index (χ0n) is 11.9. The molecule has 1 saturated heterocycles. The molecule has 0 N–H and O–H groups in total. The van der Waals surface area contributed by atoms with E-state index in [1.807, 2.05) is 24.3 Å². The van der Waals surface area contributed by atoms with Gasteiger partial charge in [0.2, 0.25) is 0 Å². The summed E-state index contributed by atoms with van der Waals surface area (Å²) in [5.41, 5.74) is 3.25. The van der Waals surface area contributed by atoms with Gasteiger partial charge < -0.3 is 14.2 Å². The van der Waals surface area contributed by atoms with Crippen LogP contribution >= 0.6 is 0 Å². The molecule has 112 valence electrons. The summed E-state index contributed by atoms with van der Waals surface area (Å²) < 4.78 is 15.9. The predicted octanol–water partition coefficient (Wildman–Crippen LogP) is 2.19. The molecule has 1 aliphatic carbocycles. The van der Waals surface area contributed by atoms with E-state index in [9.17, 15) is 9.59 Å². The van der Waals surface area contributed by atoms with E-state index in [-0.39, 0.29) is 18.0 Å². The predicted molar refractivity (Wildman–Crippen MR) is 75.3 cm³/mol. The van der Waals surface area contributed by atoms with Gasteiger partial charge in [0, 0.05) is 17.6 Å². The third-order valence-corrected chi connectivity index (χ3v) is 4.30. The molecule has 0 bridgehead atoms. The Labute approximate surface area is 127 Å². The lowest BCUT2D eigenvalue weighted by Crippen LogP contribution is -2.11. The van der Waals surface area contributed by atoms with Crippen molar-refractivity contribution < 1.29 is 23.8 Å². The van der Waals surface area contributed by atoms with E-state index in [1.165, 1.54) is 11.8 Å². The van der Waals surface area contributed by atoms with Crippen molar-refractivity contribution in [3.05, 3.63) is 58.9 Å². The molecule has 4 rings (SSSR count). The molecule has 2 heterocycles. The third-order valence-electron chi connectivity index (χ3n) is 4.30. The first-order valence-corrected chi connectivity index (χ1v) is 7.17. The summed E-state index contributed by atoms with van der Waals surface area (Å²) in [7, 11) is 0. The molecular weight excluding hydrogens is 284 g/mol. The van der Waals surface area contributed by atoms with E-state index in [4.69, 9.17) is 14.2 Å². The van der Waals surface area contributed by atoms with Gasteiger partial charge in [-0.2, -0.15) is 0 Å². The third kappa shape index (κ3) is 1.93. The Kier molecular flexibility index (Phi) is 2.82. The van der Waals surface area contributed by atoms with Crippen LogP contribution < -0.4 is 0 Å². The number of ether oxygens (including phenoxy) is 3. The van der Waals surface area contributed by atoms with E-state index in [0.29, 0.717) is 11.1 Å². The molecule has 0 radical (unpaired) electrons. The Morgan fingerprint density at radius 2 is 2.00 bits per heavy atom. The molecule has 1 fully saturated rings. The van der Waals surface area contributed by atoms with Crippen molar-refractivity contribution in [3.8, 4) is 0 Å². The Morgan fingerprint density at radius 3 is 2.77 bits per heavy atom. The minimum absolute atomic E-state index is 0.0351. The summed E-state index contributed by atoms with van der Waals surface area (Å²) in [5.74, 6) is -0.801. The molecule has 0 spiro atoms. The zero-order chi connectivity index (χ0) is 15.3. The van der Waals surface area contributed by atoms with Crippen LogP contribution in [0.4, 0.5) is 0 Å². The van der Waals surface area contributed by atoms with Crippen LogP contribution in [0.25, 0.3) is 0 Å². The van der Waals surface area contributed by atoms with Gasteiger partial charge in [0.25, 0.3) is 6.29 Å². The second-order valence-corrected chi connectivity index (χ2v) is 5.67. The Bertz CT molecular complexity index is 730. The number of hydrogen-bond donors (Lipinski definition) is 0. The molecule has 0 amide bonds. The largest absolute Gasteiger partial charge is 0.458 e. The Morgan fingerprint density at radius 1 is 1.18 bits per heavy atom. The topological polar surface area (TPSA) is 61.8 Å². The quantitative estimate of drug-likeness (QED) is 0.476. The molecule has 0 saturated carbocycles. The van der Waals surface area contributed by atoms with Crippen LogP contribution in [0.3, 0.4) is 0 Å². The fourth-order valence-corrected chi connectivity index (χ4v) is 3.16. The van der Waals surface area contributed by atoms with Crippen molar-refractivity contribution in [1.29, 1.82) is 0 Å². The summed E-state index contributed by atoms with van der Waals surface area (Å²) in [6.07, 6.45) is 2.71. The maximum atomic E-state index is 12.0. The SMILES string of the molecule is CC1=C[C@H](O/C=C2/C(=O)O[C@H]3c4ccccc4C[C@H]23)OC1=O. The van der Waals surface area contributed by atoms with Gasteiger partial charge in [-0.15, -0.1) is 0 Å². The summed E-state index contributed by atoms with van der Waals surface area (Å²) in [5, 5.41) is 0. The van der Waals surface area contributed by atoms with E-state index in [2.05, 4.69) is 0 Å². The number of carbonyl (C=O) groups is 2. The van der Waals surface area contributed by atoms with Gasteiger partial charge in [-0.1, -0.05) is 24.3 Å². The van der Waals surface area contributed by atoms with Crippen LogP contribution in [0, 0.1) is 5.92 Å². The normalized spacial score (nSPS) is 30.7. The van der Waals surface area contributed by atoms with Crippen LogP contribution in [0.2, 0.25) is 0 Å². The molecule has 22 heavy (non-hydrogen) atoms. The van der Waals surface area contributed by atoms with Gasteiger partial charge in [0.15, 0.2) is 0 Å². The van der Waals surface area contributed by atoms with E-state index in [1.54, 1.807) is 13.0 Å². The van der Waals surface area contributed by atoms with Crippen LogP contribution in [0.5, 0.6) is 0 Å². The van der Waals surface area contributed by atoms with E-state index in [0.717, 1.165) is 12.0 Å². The number of carbonyl (C=O) groups excluding carboxylic acids is 2. The maximum absolute atomic E-state index is 12.0. The molecule has 3 atom stereocenters. The van der Waals surface area contributed by atoms with E-state index < -0.39 is 12.3 Å². The molecule has 0 unspecified atom stereocenters. The minimum atomic E-state index is -0.768. The van der Waals surface area contributed by atoms with Crippen molar-refractivity contribution in [3.63, 3.8) is 0 Å². The van der Waals surface area contributed by atoms with Crippen LogP contribution in [-0.4, -0.2) is 18.2 Å². The van der Waals surface area contributed by atoms with Gasteiger partial charge in [0.1, 0.15) is 6.10 Å². The fraction of sp³-hybridized carbons (Fsp3) is 0.294. The first kappa shape index (κ1) is 13.1. The first-order valence-electron chi connectivity index (χ1n) is 7.17. The van der Waals surface area contributed by atoms with Crippen LogP contribution in [-0.2, 0) is 30.2 Å². The van der Waals surface area contributed by atoms with Gasteiger partial charge in [-0.3, -0.25) is 0 Å². The van der Waals surface area contributed by atoms with Crippen molar-refractivity contribution >= 4 is 11.9 Å². The van der Waals surface area contributed by atoms with Crippen molar-refractivity contribution in [2.24, 2.45) is 5.92 Å². The number of hydrogen-bond acceptors (Lipinski definition) is 5. The summed E-state index contributed by atoms with van der Waals surface area (Å²) in [4.78, 5) is 23.3. The monoisotopic (exact) mass is 298 g/mol. The van der Waals surface area contributed by atoms with Crippen LogP contribution in [0.1, 0.15) is 24.2 Å². The highest BCUT2D eigenvalue weighted by atomic mass is 16.7. The lowest BCUT2D eigenvalue weighted by Gasteiger charge is -2.09. The minimum Gasteiger partial charge on any atom is -0.458 e. The van der Waals surface area contributed by atoms with E-state index >= 15 is 0 Å². The highest BCUT2D eigenvalue weighted by Gasteiger charge is 2.46. The summed E-state index contributed by atoms with van der Waals surface area (Å²) >= 11 is 0. The standard InChI is InChI=1S/C17H14O5/c1-9-6-14(21-16(9)18)20-8-13-12-7-10-4-2-3-5-11(10)15(12)22-17(13)19/h2-6,8,12,14-15H,7H2,1H3/b13-8+/t12-,14-,15+/m1/s1. The fourth-order valence-electron chi connectivity index (χ4n) is 3.16. The number of rotatable bonds is 2. The number of benzene rings is 1. The summed E-state index contributed by atoms with van der Waals surface area (Å²) in [6.45, 7) is 1.66. The smallest absolute Gasteiger partial charge is 0.338 e. The highest BCUT2D eigenvalue weighted by Crippen LogP contribution is 2.47. The van der Waals surface area contributed by atoms with Gasteiger partial charge >= 0.3 is 11.9 Å². The number of fused-ring (bicyclic) bond motifs is 3. The van der Waals surface area contributed by atoms with Crippen LogP contribution in [0.15, 0.2) is 47.7 Å². The number of cyclic esters (lactones) is 1. The molecule has 1 aromatic carbocycles. The van der Waals surface area contributed by atoms with Gasteiger partial charge in [-0.05, 0) is 24.5 Å². The first-order chi connectivity index (χ1) is 10.6. The molecule has 1 aromatic rings. The molecule has 5 heteroatoms. The van der Waals surface area contributed by atoms with Crippen molar-refractivity contribution in [1.82, 2.24) is 0 Å². The van der Waals surface area contributed by atoms with Gasteiger partial charge in [0.05, 0.1) is 11.8 Å². The summed E-state index contributed by atoms with van der Waals surface area (Å²) in [6, 6.07) is 7.96. The molecule has 5 nitrogen and oxygen atoms in total. The molecule has 3 aliphatic rings. The average Bonchev–Trinajstić information content (AvgIpc) is 3.10. The van der Waals surface area contributed by atoms with Crippen molar-refractivity contribution in [2.45, 2.75) is 25.7 Å². The maximum Gasteiger partial charge on any atom is 0.338 e. The Hall–Kier alpha value is -2.56. The lowest BCUT2D eigenvalue weighted by atomic mass is 9.98. The average molecular weight is 298 g/mol. The lowest BCUT2D eigenvalue weighted by molar-refractivity contribution is -0.152. The molecular formula is C17H14O5. The Balaban J connectivity index is 1.55. The van der Waals surface area contributed by atoms with Crippen molar-refractivity contribution in [2.75, 3.05) is 0 Å². The second kappa shape index (κ2) is 4.73. The zero-order valence-corrected chi connectivity index (χ0v) is 11.9. The highest BCUT2D eigenvalue weighted by molar-refractivity contribution is 5.92. The molecule has 0 aromatic heterocycles. The second-order valence-electron chi connectivity index (χ2n) is 5.67. The van der Waals surface area contributed by atoms with Gasteiger partial charge in [-0.25, -0.2) is 9.59 Å².